The van der Waals surface area contributed by atoms with Crippen LogP contribution in [0.1, 0.15) is 43.4 Å². The summed E-state index contributed by atoms with van der Waals surface area (Å²) in [5.41, 5.74) is 2.52. The number of anilines is 1. The molecule has 1 aromatic carbocycles. The number of nitrogens with one attached hydrogen (secondary N) is 1. The van der Waals surface area contributed by atoms with E-state index >= 15 is 0 Å². The lowest BCUT2D eigenvalue weighted by Gasteiger charge is -2.20. The molecular formula is C21H27N3O3S. The van der Waals surface area contributed by atoms with Gasteiger partial charge in [0.05, 0.1) is 4.90 Å². The van der Waals surface area contributed by atoms with Crippen LogP contribution in [0.15, 0.2) is 47.5 Å². The molecule has 1 N–H and O–H groups in total. The van der Waals surface area contributed by atoms with E-state index in [9.17, 15) is 13.2 Å². The molecule has 0 bridgehead atoms. The maximum Gasteiger partial charge on any atom is 0.243 e. The van der Waals surface area contributed by atoms with Crippen LogP contribution in [0.3, 0.4) is 0 Å². The van der Waals surface area contributed by atoms with Crippen molar-refractivity contribution < 1.29 is 13.2 Å². The van der Waals surface area contributed by atoms with Crippen LogP contribution in [0.25, 0.3) is 0 Å². The van der Waals surface area contributed by atoms with Gasteiger partial charge in [-0.1, -0.05) is 25.0 Å². The lowest BCUT2D eigenvalue weighted by molar-refractivity contribution is -0.116. The van der Waals surface area contributed by atoms with Gasteiger partial charge >= 0.3 is 0 Å². The molecule has 0 aliphatic carbocycles. The zero-order chi connectivity index (χ0) is 20.0. The molecule has 1 aromatic heterocycles. The molecule has 1 saturated heterocycles. The second-order valence-electron chi connectivity index (χ2n) is 7.20. The Kier molecular flexibility index (Phi) is 6.80. The lowest BCUT2D eigenvalue weighted by atomic mass is 10.1. The molecule has 1 aliphatic heterocycles. The van der Waals surface area contributed by atoms with Gasteiger partial charge in [-0.25, -0.2) is 8.42 Å². The highest BCUT2D eigenvalue weighted by molar-refractivity contribution is 7.89. The summed E-state index contributed by atoms with van der Waals surface area (Å²) in [6.07, 6.45) is 6.57. The SMILES string of the molecule is Cc1cc(NC(=O)CCc2ccc(S(=O)(=O)N3CCCCCC3)cc2)ccn1. The van der Waals surface area contributed by atoms with E-state index in [0.29, 0.717) is 30.8 Å². The Hall–Kier alpha value is -2.25. The Labute approximate surface area is 167 Å². The number of pyridine rings is 1. The number of nitrogens with zero attached hydrogens (tertiary/aromatic N) is 2. The minimum absolute atomic E-state index is 0.0770. The molecule has 7 heteroatoms. The van der Waals surface area contributed by atoms with Crippen molar-refractivity contribution in [3.8, 4) is 0 Å². The van der Waals surface area contributed by atoms with Gasteiger partial charge < -0.3 is 5.32 Å². The summed E-state index contributed by atoms with van der Waals surface area (Å²) in [4.78, 5) is 16.6. The monoisotopic (exact) mass is 401 g/mol. The molecule has 0 saturated carbocycles. The summed E-state index contributed by atoms with van der Waals surface area (Å²) in [6, 6.07) is 10.5. The molecular weight excluding hydrogens is 374 g/mol. The first-order valence-electron chi connectivity index (χ1n) is 9.77. The van der Waals surface area contributed by atoms with Crippen molar-refractivity contribution in [1.29, 1.82) is 0 Å². The Morgan fingerprint density at radius 2 is 1.75 bits per heavy atom. The van der Waals surface area contributed by atoms with Gasteiger partial charge in [-0.15, -0.1) is 0 Å². The molecule has 3 rings (SSSR count). The minimum atomic E-state index is -3.43. The Morgan fingerprint density at radius 1 is 1.07 bits per heavy atom. The first-order valence-corrected chi connectivity index (χ1v) is 11.2. The van der Waals surface area contributed by atoms with E-state index in [1.165, 1.54) is 0 Å². The van der Waals surface area contributed by atoms with E-state index in [-0.39, 0.29) is 5.91 Å². The van der Waals surface area contributed by atoms with Crippen LogP contribution < -0.4 is 5.32 Å². The molecule has 0 spiro atoms. The van der Waals surface area contributed by atoms with Gasteiger partial charge in [0.25, 0.3) is 0 Å². The fourth-order valence-corrected chi connectivity index (χ4v) is 4.88. The molecule has 1 amide bonds. The number of aromatic nitrogens is 1. The smallest absolute Gasteiger partial charge is 0.243 e. The Balaban J connectivity index is 1.57. The van der Waals surface area contributed by atoms with E-state index < -0.39 is 10.0 Å². The van der Waals surface area contributed by atoms with Gasteiger partial charge in [-0.05, 0) is 56.0 Å². The van der Waals surface area contributed by atoms with Crippen molar-refractivity contribution >= 4 is 21.6 Å². The molecule has 0 atom stereocenters. The van der Waals surface area contributed by atoms with Gasteiger partial charge in [0.1, 0.15) is 0 Å². The second-order valence-corrected chi connectivity index (χ2v) is 9.13. The zero-order valence-corrected chi connectivity index (χ0v) is 17.0. The predicted octanol–water partition coefficient (Wildman–Crippen LogP) is 3.53. The normalized spacial score (nSPS) is 15.8. The number of amides is 1. The third kappa shape index (κ3) is 5.39. The molecule has 0 radical (unpaired) electrons. The number of benzene rings is 1. The molecule has 2 heterocycles. The number of rotatable bonds is 6. The van der Waals surface area contributed by atoms with E-state index in [1.807, 2.05) is 13.0 Å². The van der Waals surface area contributed by atoms with Crippen LogP contribution in [0.2, 0.25) is 0 Å². The van der Waals surface area contributed by atoms with Crippen LogP contribution in [-0.4, -0.2) is 36.7 Å². The van der Waals surface area contributed by atoms with Gasteiger partial charge in [0.15, 0.2) is 0 Å². The molecule has 2 aromatic rings. The third-order valence-corrected chi connectivity index (χ3v) is 6.86. The maximum absolute atomic E-state index is 12.8. The highest BCUT2D eigenvalue weighted by Gasteiger charge is 2.24. The summed E-state index contributed by atoms with van der Waals surface area (Å²) in [6.45, 7) is 3.06. The van der Waals surface area contributed by atoms with E-state index in [4.69, 9.17) is 0 Å². The van der Waals surface area contributed by atoms with Gasteiger partial charge in [0, 0.05) is 37.1 Å². The fraction of sp³-hybridized carbons (Fsp3) is 0.429. The summed E-state index contributed by atoms with van der Waals surface area (Å²) in [5, 5.41) is 2.86. The molecule has 6 nitrogen and oxygen atoms in total. The molecule has 28 heavy (non-hydrogen) atoms. The predicted molar refractivity (Wildman–Crippen MR) is 110 cm³/mol. The second kappa shape index (κ2) is 9.30. The van der Waals surface area contributed by atoms with E-state index in [0.717, 1.165) is 42.6 Å². The number of carbonyl (C=O) groups is 1. The molecule has 1 aliphatic rings. The lowest BCUT2D eigenvalue weighted by Crippen LogP contribution is -2.31. The zero-order valence-electron chi connectivity index (χ0n) is 16.2. The number of aryl methyl sites for hydroxylation is 2. The van der Waals surface area contributed by atoms with Gasteiger partial charge in [0.2, 0.25) is 15.9 Å². The van der Waals surface area contributed by atoms with Crippen molar-refractivity contribution in [2.75, 3.05) is 18.4 Å². The number of carbonyl (C=O) groups excluding carboxylic acids is 1. The molecule has 0 unspecified atom stereocenters. The third-order valence-electron chi connectivity index (χ3n) is 4.95. The molecule has 150 valence electrons. The van der Waals surface area contributed by atoms with Crippen molar-refractivity contribution in [2.24, 2.45) is 0 Å². The van der Waals surface area contributed by atoms with Crippen LogP contribution in [-0.2, 0) is 21.2 Å². The standard InChI is InChI=1S/C21H27N3O3S/c1-17-16-19(12-13-22-17)23-21(25)11-8-18-6-9-20(10-7-18)28(26,27)24-14-4-2-3-5-15-24/h6-7,9-10,12-13,16H,2-5,8,11,14-15H2,1H3,(H,22,23,25). The quantitative estimate of drug-likeness (QED) is 0.803. The van der Waals surface area contributed by atoms with Crippen molar-refractivity contribution in [3.63, 3.8) is 0 Å². The summed E-state index contributed by atoms with van der Waals surface area (Å²) in [5.74, 6) is -0.0770. The average molecular weight is 402 g/mol. The Morgan fingerprint density at radius 3 is 2.39 bits per heavy atom. The van der Waals surface area contributed by atoms with Crippen molar-refractivity contribution in [1.82, 2.24) is 9.29 Å². The summed E-state index contributed by atoms with van der Waals surface area (Å²) >= 11 is 0. The van der Waals surface area contributed by atoms with Crippen LogP contribution in [0.5, 0.6) is 0 Å². The topological polar surface area (TPSA) is 79.4 Å². The highest BCUT2D eigenvalue weighted by atomic mass is 32.2. The number of hydrogen-bond acceptors (Lipinski definition) is 4. The summed E-state index contributed by atoms with van der Waals surface area (Å²) < 4.78 is 27.2. The first kappa shape index (κ1) is 20.5. The minimum Gasteiger partial charge on any atom is -0.326 e. The largest absolute Gasteiger partial charge is 0.326 e. The van der Waals surface area contributed by atoms with Crippen molar-refractivity contribution in [2.45, 2.75) is 50.3 Å². The van der Waals surface area contributed by atoms with Crippen LogP contribution in [0, 0.1) is 6.92 Å². The van der Waals surface area contributed by atoms with Gasteiger partial charge in [-0.3, -0.25) is 9.78 Å². The fourth-order valence-electron chi connectivity index (χ4n) is 3.36. The highest BCUT2D eigenvalue weighted by Crippen LogP contribution is 2.21. The van der Waals surface area contributed by atoms with Crippen LogP contribution in [0.4, 0.5) is 5.69 Å². The molecule has 1 fully saturated rings. The van der Waals surface area contributed by atoms with Gasteiger partial charge in [-0.2, -0.15) is 4.31 Å². The summed E-state index contributed by atoms with van der Waals surface area (Å²) in [7, 11) is -3.43. The van der Waals surface area contributed by atoms with E-state index in [1.54, 1.807) is 40.8 Å². The number of hydrogen-bond donors (Lipinski definition) is 1. The maximum atomic E-state index is 12.8. The number of sulfonamides is 1. The van der Waals surface area contributed by atoms with Crippen molar-refractivity contribution in [3.05, 3.63) is 53.9 Å². The Bertz CT molecular complexity index is 903. The van der Waals surface area contributed by atoms with Crippen LogP contribution >= 0.6 is 0 Å². The average Bonchev–Trinajstić information content (AvgIpc) is 2.97. The first-order chi connectivity index (χ1) is 13.4. The van der Waals surface area contributed by atoms with E-state index in [2.05, 4.69) is 10.3 Å².